The van der Waals surface area contributed by atoms with E-state index >= 15 is 0 Å². The number of amides is 3. The summed E-state index contributed by atoms with van der Waals surface area (Å²) in [5.74, 6) is -1.38. The zero-order valence-electron chi connectivity index (χ0n) is 12.0. The first-order valence-electron chi connectivity index (χ1n) is 6.88. The molecule has 0 spiro atoms. The molecule has 0 aromatic rings. The molecule has 0 aromatic heterocycles. The average Bonchev–Trinajstić information content (AvgIpc) is 2.37. The molecule has 3 amide bonds. The molecular weight excluding hydrogens is 262 g/mol. The van der Waals surface area contributed by atoms with Crippen molar-refractivity contribution in [1.82, 2.24) is 10.2 Å². The van der Waals surface area contributed by atoms with Crippen LogP contribution in [0.1, 0.15) is 33.1 Å². The zero-order valence-corrected chi connectivity index (χ0v) is 12.0. The predicted molar refractivity (Wildman–Crippen MR) is 72.9 cm³/mol. The molecule has 0 unspecified atom stereocenters. The van der Waals surface area contributed by atoms with E-state index < -0.39 is 12.0 Å². The highest BCUT2D eigenvalue weighted by molar-refractivity contribution is 5.83. The Balaban J connectivity index is 2.50. The van der Waals surface area contributed by atoms with Gasteiger partial charge in [0.15, 0.2) is 0 Å². The molecule has 7 nitrogen and oxygen atoms in total. The van der Waals surface area contributed by atoms with Crippen LogP contribution >= 0.6 is 0 Å². The molecular formula is C13H23N3O4. The number of hydrogen-bond acceptors (Lipinski definition) is 3. The Hall–Kier alpha value is -1.79. The summed E-state index contributed by atoms with van der Waals surface area (Å²) >= 11 is 0. The van der Waals surface area contributed by atoms with Crippen molar-refractivity contribution in [2.45, 2.75) is 39.2 Å². The van der Waals surface area contributed by atoms with E-state index in [2.05, 4.69) is 5.32 Å². The maximum absolute atomic E-state index is 12.0. The number of aliphatic carboxylic acids is 1. The molecule has 0 saturated carbocycles. The van der Waals surface area contributed by atoms with E-state index in [1.807, 2.05) is 13.8 Å². The number of nitrogens with zero attached hydrogens (tertiary/aromatic N) is 1. The molecule has 0 radical (unpaired) electrons. The van der Waals surface area contributed by atoms with Crippen LogP contribution in [-0.2, 0) is 9.59 Å². The topological polar surface area (TPSA) is 113 Å². The number of carboxylic acid groups (broad SMARTS) is 1. The minimum absolute atomic E-state index is 0.178. The number of urea groups is 1. The van der Waals surface area contributed by atoms with Crippen LogP contribution in [0.2, 0.25) is 0 Å². The summed E-state index contributed by atoms with van der Waals surface area (Å²) in [6, 6.07) is -1.27. The van der Waals surface area contributed by atoms with Gasteiger partial charge in [-0.15, -0.1) is 0 Å². The lowest BCUT2D eigenvalue weighted by molar-refractivity contribution is -0.139. The summed E-state index contributed by atoms with van der Waals surface area (Å²) < 4.78 is 0. The molecule has 1 fully saturated rings. The second-order valence-corrected chi connectivity index (χ2v) is 5.63. The van der Waals surface area contributed by atoms with E-state index in [9.17, 15) is 14.4 Å². The summed E-state index contributed by atoms with van der Waals surface area (Å²) in [6.45, 7) is 4.65. The van der Waals surface area contributed by atoms with E-state index in [1.165, 1.54) is 4.90 Å². The number of carbonyl (C=O) groups excluding carboxylic acids is 2. The Morgan fingerprint density at radius 1 is 1.30 bits per heavy atom. The van der Waals surface area contributed by atoms with E-state index in [0.717, 1.165) is 0 Å². The number of nitrogens with one attached hydrogen (secondary N) is 1. The monoisotopic (exact) mass is 285 g/mol. The Bertz CT molecular complexity index is 376. The van der Waals surface area contributed by atoms with E-state index in [-0.39, 0.29) is 23.8 Å². The lowest BCUT2D eigenvalue weighted by atomic mass is 9.96. The van der Waals surface area contributed by atoms with Gasteiger partial charge in [-0.2, -0.15) is 0 Å². The van der Waals surface area contributed by atoms with Crippen LogP contribution in [0, 0.1) is 11.8 Å². The molecule has 1 heterocycles. The number of carbonyl (C=O) groups is 3. The molecule has 0 bridgehead atoms. The third-order valence-electron chi connectivity index (χ3n) is 3.49. The van der Waals surface area contributed by atoms with Gasteiger partial charge in [0.1, 0.15) is 6.04 Å². The van der Waals surface area contributed by atoms with Gasteiger partial charge in [0, 0.05) is 19.0 Å². The standard InChI is InChI=1S/C13H23N3O4/c1-8(2)7-10(12(18)19)15-13(20)16-5-3-9(4-6-16)11(14)17/h8-10H,3-7H2,1-2H3,(H2,14,17)(H,15,20)(H,18,19)/t10-/m0/s1. The summed E-state index contributed by atoms with van der Waals surface area (Å²) in [5.41, 5.74) is 5.23. The Labute approximate surface area is 118 Å². The summed E-state index contributed by atoms with van der Waals surface area (Å²) in [6.07, 6.45) is 1.45. The number of piperidine rings is 1. The highest BCUT2D eigenvalue weighted by atomic mass is 16.4. The second-order valence-electron chi connectivity index (χ2n) is 5.63. The summed E-state index contributed by atoms with van der Waals surface area (Å²) in [7, 11) is 0. The Morgan fingerprint density at radius 3 is 2.25 bits per heavy atom. The lowest BCUT2D eigenvalue weighted by Crippen LogP contribution is -2.51. The fraction of sp³-hybridized carbons (Fsp3) is 0.769. The Kier molecular flexibility index (Phi) is 5.79. The summed E-state index contributed by atoms with van der Waals surface area (Å²) in [5, 5.41) is 11.6. The van der Waals surface area contributed by atoms with Gasteiger partial charge in [0.25, 0.3) is 0 Å². The molecule has 1 aliphatic heterocycles. The number of likely N-dealkylation sites (tertiary alicyclic amines) is 1. The maximum Gasteiger partial charge on any atom is 0.326 e. The Morgan fingerprint density at radius 2 is 1.85 bits per heavy atom. The molecule has 20 heavy (non-hydrogen) atoms. The van der Waals surface area contributed by atoms with Crippen LogP contribution in [0.15, 0.2) is 0 Å². The number of nitrogens with two attached hydrogens (primary N) is 1. The van der Waals surface area contributed by atoms with Crippen molar-refractivity contribution < 1.29 is 19.5 Å². The minimum Gasteiger partial charge on any atom is -0.480 e. The molecule has 114 valence electrons. The van der Waals surface area contributed by atoms with E-state index in [1.54, 1.807) is 0 Å². The molecule has 1 rings (SSSR count). The molecule has 0 aliphatic carbocycles. The third-order valence-corrected chi connectivity index (χ3v) is 3.49. The van der Waals surface area contributed by atoms with Crippen molar-refractivity contribution in [2.75, 3.05) is 13.1 Å². The molecule has 0 aromatic carbocycles. The largest absolute Gasteiger partial charge is 0.480 e. The average molecular weight is 285 g/mol. The SMILES string of the molecule is CC(C)C[C@H](NC(=O)N1CCC(C(N)=O)CC1)C(=O)O. The summed E-state index contributed by atoms with van der Waals surface area (Å²) in [4.78, 5) is 35.7. The third kappa shape index (κ3) is 4.71. The van der Waals surface area contributed by atoms with Crippen molar-refractivity contribution in [3.63, 3.8) is 0 Å². The predicted octanol–water partition coefficient (Wildman–Crippen LogP) is 0.393. The van der Waals surface area contributed by atoms with Gasteiger partial charge >= 0.3 is 12.0 Å². The zero-order chi connectivity index (χ0) is 15.3. The van der Waals surface area contributed by atoms with Gasteiger partial charge < -0.3 is 21.1 Å². The van der Waals surface area contributed by atoms with E-state index in [0.29, 0.717) is 32.4 Å². The molecule has 7 heteroatoms. The van der Waals surface area contributed by atoms with Gasteiger partial charge in [-0.05, 0) is 25.2 Å². The van der Waals surface area contributed by atoms with Crippen molar-refractivity contribution >= 4 is 17.9 Å². The van der Waals surface area contributed by atoms with Crippen LogP contribution in [0.3, 0.4) is 0 Å². The maximum atomic E-state index is 12.0. The first-order valence-corrected chi connectivity index (χ1v) is 6.88. The van der Waals surface area contributed by atoms with Gasteiger partial charge in [0.2, 0.25) is 5.91 Å². The van der Waals surface area contributed by atoms with Crippen LogP contribution in [0.4, 0.5) is 4.79 Å². The lowest BCUT2D eigenvalue weighted by Gasteiger charge is -2.31. The number of rotatable bonds is 5. The highest BCUT2D eigenvalue weighted by Gasteiger charge is 2.28. The fourth-order valence-corrected chi connectivity index (χ4v) is 2.30. The van der Waals surface area contributed by atoms with Gasteiger partial charge in [0.05, 0.1) is 0 Å². The van der Waals surface area contributed by atoms with Crippen LogP contribution in [0.5, 0.6) is 0 Å². The molecule has 1 atom stereocenters. The number of carboxylic acids is 1. The van der Waals surface area contributed by atoms with Crippen molar-refractivity contribution in [1.29, 1.82) is 0 Å². The van der Waals surface area contributed by atoms with Crippen molar-refractivity contribution in [3.8, 4) is 0 Å². The fourth-order valence-electron chi connectivity index (χ4n) is 2.30. The number of primary amides is 1. The van der Waals surface area contributed by atoms with Crippen LogP contribution in [-0.4, -0.2) is 47.0 Å². The normalized spacial score (nSPS) is 17.9. The van der Waals surface area contributed by atoms with Gasteiger partial charge in [-0.1, -0.05) is 13.8 Å². The first kappa shape index (κ1) is 16.3. The first-order chi connectivity index (χ1) is 9.31. The van der Waals surface area contributed by atoms with Crippen molar-refractivity contribution in [3.05, 3.63) is 0 Å². The molecule has 1 aliphatic rings. The van der Waals surface area contributed by atoms with Gasteiger partial charge in [-0.3, -0.25) is 4.79 Å². The van der Waals surface area contributed by atoms with Crippen LogP contribution in [0.25, 0.3) is 0 Å². The van der Waals surface area contributed by atoms with Crippen molar-refractivity contribution in [2.24, 2.45) is 17.6 Å². The second kappa shape index (κ2) is 7.12. The highest BCUT2D eigenvalue weighted by Crippen LogP contribution is 2.17. The van der Waals surface area contributed by atoms with E-state index in [4.69, 9.17) is 10.8 Å². The van der Waals surface area contributed by atoms with Gasteiger partial charge in [-0.25, -0.2) is 9.59 Å². The molecule has 1 saturated heterocycles. The smallest absolute Gasteiger partial charge is 0.326 e. The number of hydrogen-bond donors (Lipinski definition) is 3. The quantitative estimate of drug-likeness (QED) is 0.678. The minimum atomic E-state index is -1.03. The van der Waals surface area contributed by atoms with Crippen LogP contribution < -0.4 is 11.1 Å². The molecule has 4 N–H and O–H groups in total.